The lowest BCUT2D eigenvalue weighted by atomic mass is 10.1. The molecule has 1 atom stereocenters. The molecule has 106 valence electrons. The first kappa shape index (κ1) is 14.7. The van der Waals surface area contributed by atoms with E-state index in [1.165, 1.54) is 12.8 Å². The molecule has 0 radical (unpaired) electrons. The number of piperazine rings is 1. The highest BCUT2D eigenvalue weighted by Crippen LogP contribution is 2.23. The van der Waals surface area contributed by atoms with E-state index in [0.29, 0.717) is 6.04 Å². The van der Waals surface area contributed by atoms with Gasteiger partial charge >= 0.3 is 0 Å². The van der Waals surface area contributed by atoms with Crippen LogP contribution >= 0.6 is 15.9 Å². The van der Waals surface area contributed by atoms with Crippen LogP contribution in [0, 0.1) is 0 Å². The van der Waals surface area contributed by atoms with E-state index in [1.807, 2.05) is 0 Å². The molecule has 2 N–H and O–H groups in total. The summed E-state index contributed by atoms with van der Waals surface area (Å²) in [5.41, 5.74) is 5.88. The number of aromatic nitrogens is 2. The minimum atomic E-state index is 0.529. The molecule has 0 spiro atoms. The van der Waals surface area contributed by atoms with Crippen molar-refractivity contribution in [3.63, 3.8) is 0 Å². The van der Waals surface area contributed by atoms with Gasteiger partial charge < -0.3 is 10.6 Å². The Hall–Kier alpha value is -0.720. The number of hydrogen-bond acceptors (Lipinski definition) is 5. The fraction of sp³-hybridized carbons (Fsp3) is 0.692. The van der Waals surface area contributed by atoms with Crippen molar-refractivity contribution in [3.8, 4) is 0 Å². The van der Waals surface area contributed by atoms with Crippen LogP contribution in [0.5, 0.6) is 0 Å². The Morgan fingerprint density at radius 2 is 2.11 bits per heavy atom. The molecule has 0 amide bonds. The molecule has 0 saturated carbocycles. The molecule has 1 unspecified atom stereocenters. The molecule has 0 aliphatic carbocycles. The third-order valence-corrected chi connectivity index (χ3v) is 4.23. The maximum Gasteiger partial charge on any atom is 0.146 e. The maximum absolute atomic E-state index is 5.88. The summed E-state index contributed by atoms with van der Waals surface area (Å²) in [5, 5.41) is 0. The molecule has 2 heterocycles. The van der Waals surface area contributed by atoms with Crippen molar-refractivity contribution >= 4 is 21.7 Å². The highest BCUT2D eigenvalue weighted by atomic mass is 79.9. The minimum absolute atomic E-state index is 0.529. The number of nitrogens with two attached hydrogens (primary N) is 1. The summed E-state index contributed by atoms with van der Waals surface area (Å²) in [5.74, 6) is 0.995. The average Bonchev–Trinajstić information content (AvgIpc) is 2.46. The Morgan fingerprint density at radius 3 is 2.68 bits per heavy atom. The first-order valence-corrected chi connectivity index (χ1v) is 7.70. The lowest BCUT2D eigenvalue weighted by Gasteiger charge is -2.39. The molecule has 2 rings (SSSR count). The van der Waals surface area contributed by atoms with E-state index >= 15 is 0 Å². The second kappa shape index (κ2) is 7.17. The quantitative estimate of drug-likeness (QED) is 0.887. The van der Waals surface area contributed by atoms with Crippen molar-refractivity contribution < 1.29 is 0 Å². The lowest BCUT2D eigenvalue weighted by Crippen LogP contribution is -2.52. The van der Waals surface area contributed by atoms with Gasteiger partial charge in [0.2, 0.25) is 0 Å². The topological polar surface area (TPSA) is 58.3 Å². The van der Waals surface area contributed by atoms with E-state index < -0.39 is 0 Å². The van der Waals surface area contributed by atoms with E-state index in [2.05, 4.69) is 42.6 Å². The monoisotopic (exact) mass is 327 g/mol. The standard InChI is InChI=1S/C13H22BrN5/c1-2-3-11(8-15)18-4-6-19(7-5-18)13-12(14)9-16-10-17-13/h9-11H,2-8,15H2,1H3. The molecule has 1 aliphatic rings. The minimum Gasteiger partial charge on any atom is -0.353 e. The van der Waals surface area contributed by atoms with Crippen molar-refractivity contribution in [2.75, 3.05) is 37.6 Å². The number of nitrogens with zero attached hydrogens (tertiary/aromatic N) is 4. The predicted molar refractivity (Wildman–Crippen MR) is 81.3 cm³/mol. The molecule has 1 aromatic rings. The molecule has 1 aromatic heterocycles. The zero-order valence-electron chi connectivity index (χ0n) is 11.4. The van der Waals surface area contributed by atoms with Gasteiger partial charge in [-0.2, -0.15) is 0 Å². The fourth-order valence-electron chi connectivity index (χ4n) is 2.62. The third kappa shape index (κ3) is 3.64. The Bertz CT molecular complexity index is 392. The molecule has 1 saturated heterocycles. The molecule has 1 aliphatic heterocycles. The highest BCUT2D eigenvalue weighted by molar-refractivity contribution is 9.10. The van der Waals surface area contributed by atoms with Gasteiger partial charge in [0.1, 0.15) is 12.1 Å². The highest BCUT2D eigenvalue weighted by Gasteiger charge is 2.23. The van der Waals surface area contributed by atoms with Gasteiger partial charge in [-0.15, -0.1) is 0 Å². The number of anilines is 1. The van der Waals surface area contributed by atoms with E-state index in [1.54, 1.807) is 12.5 Å². The van der Waals surface area contributed by atoms with Crippen molar-refractivity contribution in [1.82, 2.24) is 14.9 Å². The molecular formula is C13H22BrN5. The van der Waals surface area contributed by atoms with Gasteiger partial charge in [0.15, 0.2) is 0 Å². The van der Waals surface area contributed by atoms with E-state index in [4.69, 9.17) is 5.73 Å². The van der Waals surface area contributed by atoms with Crippen molar-refractivity contribution in [3.05, 3.63) is 17.0 Å². The second-order valence-corrected chi connectivity index (χ2v) is 5.75. The molecule has 19 heavy (non-hydrogen) atoms. The van der Waals surface area contributed by atoms with Gasteiger partial charge in [-0.05, 0) is 22.4 Å². The van der Waals surface area contributed by atoms with Crippen LogP contribution in [0.4, 0.5) is 5.82 Å². The number of halogens is 1. The van der Waals surface area contributed by atoms with Crippen LogP contribution in [0.25, 0.3) is 0 Å². The summed E-state index contributed by atoms with van der Waals surface area (Å²) >= 11 is 3.51. The lowest BCUT2D eigenvalue weighted by molar-refractivity contribution is 0.179. The van der Waals surface area contributed by atoms with Crippen LogP contribution in [0.1, 0.15) is 19.8 Å². The normalized spacial score (nSPS) is 18.6. The van der Waals surface area contributed by atoms with E-state index in [9.17, 15) is 0 Å². The van der Waals surface area contributed by atoms with Crippen LogP contribution in [0.15, 0.2) is 17.0 Å². The predicted octanol–water partition coefficient (Wildman–Crippen LogP) is 1.49. The molecule has 5 nitrogen and oxygen atoms in total. The van der Waals surface area contributed by atoms with Crippen LogP contribution in [0.2, 0.25) is 0 Å². The molecule has 1 fully saturated rings. The van der Waals surface area contributed by atoms with Gasteiger partial charge in [-0.3, -0.25) is 4.90 Å². The Morgan fingerprint density at radius 1 is 1.37 bits per heavy atom. The van der Waals surface area contributed by atoms with Crippen molar-refractivity contribution in [1.29, 1.82) is 0 Å². The van der Waals surface area contributed by atoms with E-state index in [-0.39, 0.29) is 0 Å². The third-order valence-electron chi connectivity index (χ3n) is 3.67. The maximum atomic E-state index is 5.88. The van der Waals surface area contributed by atoms with E-state index in [0.717, 1.165) is 43.0 Å². The molecular weight excluding hydrogens is 306 g/mol. The summed E-state index contributed by atoms with van der Waals surface area (Å²) in [4.78, 5) is 13.2. The summed E-state index contributed by atoms with van der Waals surface area (Å²) < 4.78 is 0.965. The summed E-state index contributed by atoms with van der Waals surface area (Å²) in [6, 6.07) is 0.529. The van der Waals surface area contributed by atoms with Crippen LogP contribution in [0.3, 0.4) is 0 Å². The SMILES string of the molecule is CCCC(CN)N1CCN(c2ncncc2Br)CC1. The van der Waals surface area contributed by atoms with Crippen molar-refractivity contribution in [2.24, 2.45) is 5.73 Å². The number of rotatable bonds is 5. The smallest absolute Gasteiger partial charge is 0.146 e. The van der Waals surface area contributed by atoms with Gasteiger partial charge in [0.05, 0.1) is 4.47 Å². The summed E-state index contributed by atoms with van der Waals surface area (Å²) in [6.45, 7) is 7.07. The summed E-state index contributed by atoms with van der Waals surface area (Å²) in [6.07, 6.45) is 5.79. The van der Waals surface area contributed by atoms with Crippen LogP contribution < -0.4 is 10.6 Å². The van der Waals surface area contributed by atoms with Gasteiger partial charge in [-0.1, -0.05) is 13.3 Å². The number of hydrogen-bond donors (Lipinski definition) is 1. The summed E-state index contributed by atoms with van der Waals surface area (Å²) in [7, 11) is 0. The zero-order valence-corrected chi connectivity index (χ0v) is 13.0. The zero-order chi connectivity index (χ0) is 13.7. The Labute approximate surface area is 123 Å². The average molecular weight is 328 g/mol. The van der Waals surface area contributed by atoms with Crippen molar-refractivity contribution in [2.45, 2.75) is 25.8 Å². The largest absolute Gasteiger partial charge is 0.353 e. The first-order valence-electron chi connectivity index (χ1n) is 6.90. The Kier molecular flexibility index (Phi) is 5.54. The molecule has 0 aromatic carbocycles. The fourth-order valence-corrected chi connectivity index (χ4v) is 3.09. The second-order valence-electron chi connectivity index (χ2n) is 4.90. The van der Waals surface area contributed by atoms with Gasteiger partial charge in [-0.25, -0.2) is 9.97 Å². The molecule has 0 bridgehead atoms. The van der Waals surface area contributed by atoms with Gasteiger partial charge in [0, 0.05) is 45.0 Å². The van der Waals surface area contributed by atoms with Crippen LogP contribution in [-0.2, 0) is 0 Å². The van der Waals surface area contributed by atoms with Crippen LogP contribution in [-0.4, -0.2) is 53.6 Å². The van der Waals surface area contributed by atoms with Gasteiger partial charge in [0.25, 0.3) is 0 Å². The first-order chi connectivity index (χ1) is 9.26. The molecule has 6 heteroatoms. The Balaban J connectivity index is 1.94.